The van der Waals surface area contributed by atoms with E-state index in [1.807, 2.05) is 12.3 Å². The Balaban J connectivity index is 1.50. The average Bonchev–Trinajstić information content (AvgIpc) is 3.17. The lowest BCUT2D eigenvalue weighted by Crippen LogP contribution is -2.35. The zero-order valence-corrected chi connectivity index (χ0v) is 14.1. The normalized spacial score (nSPS) is 22.5. The van der Waals surface area contributed by atoms with E-state index in [1.54, 1.807) is 12.1 Å². The second-order valence-corrected chi connectivity index (χ2v) is 7.18. The van der Waals surface area contributed by atoms with Crippen molar-refractivity contribution >= 4 is 0 Å². The fraction of sp³-hybridized carbons (Fsp3) is 0.526. The standard InChI is InChI=1S/C19H25FN4/c20-18-5-3-4-16(10-18)11-23-13-17(12-22-8-1-2-9-22)14-24-19(15-23)6-7-21-24/h3-7,10,17H,1-2,8-9,11-15H2/t17-/m0/s1. The Kier molecular flexibility index (Phi) is 4.63. The molecule has 0 saturated carbocycles. The molecule has 2 aromatic rings. The fourth-order valence-electron chi connectivity index (χ4n) is 4.08. The Labute approximate surface area is 142 Å². The molecule has 0 amide bonds. The van der Waals surface area contributed by atoms with Crippen molar-refractivity contribution in [2.75, 3.05) is 26.2 Å². The molecule has 0 spiro atoms. The first-order chi connectivity index (χ1) is 11.8. The van der Waals surface area contributed by atoms with Gasteiger partial charge >= 0.3 is 0 Å². The van der Waals surface area contributed by atoms with Crippen molar-refractivity contribution < 1.29 is 4.39 Å². The summed E-state index contributed by atoms with van der Waals surface area (Å²) in [6.45, 7) is 7.29. The van der Waals surface area contributed by atoms with E-state index >= 15 is 0 Å². The summed E-state index contributed by atoms with van der Waals surface area (Å²) in [6.07, 6.45) is 4.55. The SMILES string of the molecule is Fc1cccc(CN2Cc3ccnn3C[C@@H](CN3CCCC3)C2)c1. The van der Waals surface area contributed by atoms with Gasteiger partial charge in [0.1, 0.15) is 5.82 Å². The molecular weight excluding hydrogens is 303 g/mol. The van der Waals surface area contributed by atoms with Crippen LogP contribution in [0.3, 0.4) is 0 Å². The third-order valence-corrected chi connectivity index (χ3v) is 5.15. The molecule has 0 aliphatic carbocycles. The van der Waals surface area contributed by atoms with Crippen LogP contribution in [0, 0.1) is 11.7 Å². The molecule has 1 aromatic carbocycles. The number of nitrogens with zero attached hydrogens (tertiary/aromatic N) is 4. The number of halogens is 1. The summed E-state index contributed by atoms with van der Waals surface area (Å²) in [7, 11) is 0. The molecule has 1 aromatic heterocycles. The van der Waals surface area contributed by atoms with Crippen LogP contribution < -0.4 is 0 Å². The second-order valence-electron chi connectivity index (χ2n) is 7.18. The largest absolute Gasteiger partial charge is 0.303 e. The lowest BCUT2D eigenvalue weighted by atomic mass is 10.1. The van der Waals surface area contributed by atoms with E-state index in [0.717, 1.165) is 38.3 Å². The highest BCUT2D eigenvalue weighted by Crippen LogP contribution is 2.20. The summed E-state index contributed by atoms with van der Waals surface area (Å²) < 4.78 is 15.7. The topological polar surface area (TPSA) is 24.3 Å². The van der Waals surface area contributed by atoms with Crippen molar-refractivity contribution in [1.82, 2.24) is 19.6 Å². The van der Waals surface area contributed by atoms with E-state index in [0.29, 0.717) is 5.92 Å². The molecule has 5 heteroatoms. The summed E-state index contributed by atoms with van der Waals surface area (Å²) in [5.74, 6) is 0.416. The highest BCUT2D eigenvalue weighted by atomic mass is 19.1. The molecule has 24 heavy (non-hydrogen) atoms. The zero-order chi connectivity index (χ0) is 16.4. The van der Waals surface area contributed by atoms with Crippen LogP contribution in [0.25, 0.3) is 0 Å². The van der Waals surface area contributed by atoms with Gasteiger partial charge in [-0.2, -0.15) is 5.10 Å². The minimum atomic E-state index is -0.152. The molecule has 1 saturated heterocycles. The summed E-state index contributed by atoms with van der Waals surface area (Å²) in [4.78, 5) is 5.02. The van der Waals surface area contributed by atoms with Crippen LogP contribution in [-0.2, 0) is 19.6 Å². The smallest absolute Gasteiger partial charge is 0.123 e. The van der Waals surface area contributed by atoms with E-state index in [-0.39, 0.29) is 5.82 Å². The molecule has 4 nitrogen and oxygen atoms in total. The van der Waals surface area contributed by atoms with Crippen LogP contribution in [0.1, 0.15) is 24.1 Å². The Hall–Kier alpha value is -1.72. The fourth-order valence-corrected chi connectivity index (χ4v) is 4.08. The molecule has 4 rings (SSSR count). The average molecular weight is 328 g/mol. The zero-order valence-electron chi connectivity index (χ0n) is 14.1. The van der Waals surface area contributed by atoms with Gasteiger partial charge in [-0.25, -0.2) is 4.39 Å². The molecule has 0 N–H and O–H groups in total. The van der Waals surface area contributed by atoms with Crippen molar-refractivity contribution in [2.24, 2.45) is 5.92 Å². The predicted molar refractivity (Wildman–Crippen MR) is 91.9 cm³/mol. The number of fused-ring (bicyclic) bond motifs is 1. The monoisotopic (exact) mass is 328 g/mol. The molecular formula is C19H25FN4. The Morgan fingerprint density at radius 3 is 2.79 bits per heavy atom. The van der Waals surface area contributed by atoms with Gasteiger partial charge in [-0.05, 0) is 49.7 Å². The van der Waals surface area contributed by atoms with Crippen LogP contribution in [-0.4, -0.2) is 45.8 Å². The van der Waals surface area contributed by atoms with Gasteiger partial charge in [0.15, 0.2) is 0 Å². The van der Waals surface area contributed by atoms with E-state index in [1.165, 1.54) is 37.7 Å². The van der Waals surface area contributed by atoms with Gasteiger partial charge in [-0.1, -0.05) is 12.1 Å². The Bertz CT molecular complexity index is 678. The lowest BCUT2D eigenvalue weighted by Gasteiger charge is -2.27. The number of rotatable bonds is 4. The van der Waals surface area contributed by atoms with E-state index in [2.05, 4.69) is 25.6 Å². The van der Waals surface area contributed by atoms with Gasteiger partial charge < -0.3 is 4.90 Å². The molecule has 0 unspecified atom stereocenters. The first-order valence-electron chi connectivity index (χ1n) is 8.96. The Morgan fingerprint density at radius 2 is 1.96 bits per heavy atom. The quantitative estimate of drug-likeness (QED) is 0.862. The number of hydrogen-bond donors (Lipinski definition) is 0. The van der Waals surface area contributed by atoms with Gasteiger partial charge in [-0.3, -0.25) is 9.58 Å². The van der Waals surface area contributed by atoms with Gasteiger partial charge in [-0.15, -0.1) is 0 Å². The predicted octanol–water partition coefficient (Wildman–Crippen LogP) is 2.75. The first kappa shape index (κ1) is 15.8. The minimum Gasteiger partial charge on any atom is -0.303 e. The molecule has 0 radical (unpaired) electrons. The van der Waals surface area contributed by atoms with Gasteiger partial charge in [0.25, 0.3) is 0 Å². The van der Waals surface area contributed by atoms with Crippen LogP contribution >= 0.6 is 0 Å². The third-order valence-electron chi connectivity index (χ3n) is 5.15. The maximum atomic E-state index is 13.5. The number of aromatic nitrogens is 2. The van der Waals surface area contributed by atoms with Crippen LogP contribution in [0.4, 0.5) is 4.39 Å². The lowest BCUT2D eigenvalue weighted by molar-refractivity contribution is 0.182. The molecule has 0 bridgehead atoms. The van der Waals surface area contributed by atoms with Gasteiger partial charge in [0.2, 0.25) is 0 Å². The summed E-state index contributed by atoms with van der Waals surface area (Å²) in [5.41, 5.74) is 2.30. The van der Waals surface area contributed by atoms with E-state index in [4.69, 9.17) is 0 Å². The highest BCUT2D eigenvalue weighted by molar-refractivity contribution is 5.16. The molecule has 3 heterocycles. The van der Waals surface area contributed by atoms with Gasteiger partial charge in [0, 0.05) is 44.8 Å². The van der Waals surface area contributed by atoms with Crippen LogP contribution in [0.15, 0.2) is 36.5 Å². The van der Waals surface area contributed by atoms with Crippen molar-refractivity contribution in [2.45, 2.75) is 32.5 Å². The molecule has 1 atom stereocenters. The first-order valence-corrected chi connectivity index (χ1v) is 8.96. The Morgan fingerprint density at radius 1 is 1.08 bits per heavy atom. The number of likely N-dealkylation sites (tertiary alicyclic amines) is 1. The van der Waals surface area contributed by atoms with Gasteiger partial charge in [0.05, 0.1) is 5.69 Å². The van der Waals surface area contributed by atoms with Crippen LogP contribution in [0.2, 0.25) is 0 Å². The molecule has 128 valence electrons. The van der Waals surface area contributed by atoms with Crippen molar-refractivity contribution in [3.63, 3.8) is 0 Å². The third kappa shape index (κ3) is 3.68. The van der Waals surface area contributed by atoms with E-state index in [9.17, 15) is 4.39 Å². The summed E-state index contributed by atoms with van der Waals surface area (Å²) >= 11 is 0. The highest BCUT2D eigenvalue weighted by Gasteiger charge is 2.25. The van der Waals surface area contributed by atoms with Crippen LogP contribution in [0.5, 0.6) is 0 Å². The minimum absolute atomic E-state index is 0.152. The van der Waals surface area contributed by atoms with Crippen molar-refractivity contribution in [3.8, 4) is 0 Å². The van der Waals surface area contributed by atoms with E-state index < -0.39 is 0 Å². The number of hydrogen-bond acceptors (Lipinski definition) is 3. The summed E-state index contributed by atoms with van der Waals surface area (Å²) in [6, 6.07) is 9.08. The number of benzene rings is 1. The molecule has 1 fully saturated rings. The maximum Gasteiger partial charge on any atom is 0.123 e. The van der Waals surface area contributed by atoms with Crippen molar-refractivity contribution in [3.05, 3.63) is 53.6 Å². The summed E-state index contributed by atoms with van der Waals surface area (Å²) in [5, 5.41) is 4.51. The maximum absolute atomic E-state index is 13.5. The van der Waals surface area contributed by atoms with Crippen molar-refractivity contribution in [1.29, 1.82) is 0 Å². The molecule has 2 aliphatic rings. The second kappa shape index (κ2) is 7.03. The molecule has 2 aliphatic heterocycles.